The third kappa shape index (κ3) is 3.96. The van der Waals surface area contributed by atoms with E-state index in [4.69, 9.17) is 4.74 Å². The van der Waals surface area contributed by atoms with Gasteiger partial charge in [0.15, 0.2) is 0 Å². The second-order valence-electron chi connectivity index (χ2n) is 6.77. The third-order valence-corrected chi connectivity index (χ3v) is 5.16. The van der Waals surface area contributed by atoms with E-state index in [1.165, 1.54) is 5.56 Å². The number of amides is 2. The molecule has 2 atom stereocenters. The molecule has 5 heteroatoms. The zero-order valence-electron chi connectivity index (χ0n) is 14.3. The molecule has 2 heterocycles. The molecule has 0 aliphatic carbocycles. The highest BCUT2D eigenvalue weighted by Crippen LogP contribution is 2.24. The minimum absolute atomic E-state index is 0.0675. The van der Waals surface area contributed by atoms with Gasteiger partial charge in [-0.2, -0.15) is 0 Å². The zero-order valence-corrected chi connectivity index (χ0v) is 14.3. The molecule has 2 fully saturated rings. The van der Waals surface area contributed by atoms with Crippen molar-refractivity contribution in [2.24, 2.45) is 5.92 Å². The van der Waals surface area contributed by atoms with Gasteiger partial charge >= 0.3 is 0 Å². The van der Waals surface area contributed by atoms with Gasteiger partial charge in [0, 0.05) is 39.1 Å². The van der Waals surface area contributed by atoms with E-state index in [1.54, 1.807) is 12.0 Å². The monoisotopic (exact) mass is 330 g/mol. The normalized spacial score (nSPS) is 24.5. The topological polar surface area (TPSA) is 49.9 Å². The van der Waals surface area contributed by atoms with Gasteiger partial charge in [-0.05, 0) is 24.8 Å². The van der Waals surface area contributed by atoms with Crippen molar-refractivity contribution in [3.8, 4) is 0 Å². The van der Waals surface area contributed by atoms with Crippen molar-refractivity contribution in [3.05, 3.63) is 35.9 Å². The van der Waals surface area contributed by atoms with Crippen LogP contribution in [0.1, 0.15) is 24.8 Å². The summed E-state index contributed by atoms with van der Waals surface area (Å²) in [4.78, 5) is 27.9. The number of likely N-dealkylation sites (tertiary alicyclic amines) is 2. The molecule has 0 N–H and O–H groups in total. The van der Waals surface area contributed by atoms with E-state index in [9.17, 15) is 9.59 Å². The maximum absolute atomic E-state index is 12.6. The van der Waals surface area contributed by atoms with Crippen LogP contribution in [0.3, 0.4) is 0 Å². The molecule has 1 aromatic rings. The number of ether oxygens (including phenoxy) is 1. The van der Waals surface area contributed by atoms with Crippen molar-refractivity contribution in [2.75, 3.05) is 33.3 Å². The number of nitrogens with zero attached hydrogens (tertiary/aromatic N) is 2. The van der Waals surface area contributed by atoms with E-state index in [1.807, 2.05) is 23.1 Å². The number of carbonyl (C=O) groups excluding carboxylic acids is 2. The van der Waals surface area contributed by atoms with Crippen molar-refractivity contribution in [2.45, 2.75) is 31.8 Å². The Morgan fingerprint density at radius 1 is 1.25 bits per heavy atom. The van der Waals surface area contributed by atoms with E-state index in [0.717, 1.165) is 19.3 Å². The lowest BCUT2D eigenvalue weighted by molar-refractivity contribution is -0.141. The Bertz CT molecular complexity index is 575. The molecule has 2 amide bonds. The maximum atomic E-state index is 12.6. The molecule has 24 heavy (non-hydrogen) atoms. The number of methoxy groups -OCH3 is 1. The Morgan fingerprint density at radius 3 is 2.71 bits per heavy atom. The van der Waals surface area contributed by atoms with Crippen molar-refractivity contribution in [1.29, 1.82) is 0 Å². The highest BCUT2D eigenvalue weighted by atomic mass is 16.5. The SMILES string of the molecule is CO[C@@H]1CCN(C(=O)CN2CCCC2=O)C[C@H]1Cc1ccccc1. The Morgan fingerprint density at radius 2 is 2.04 bits per heavy atom. The van der Waals surface area contributed by atoms with Crippen LogP contribution in [0.15, 0.2) is 30.3 Å². The van der Waals surface area contributed by atoms with Gasteiger partial charge in [-0.1, -0.05) is 30.3 Å². The van der Waals surface area contributed by atoms with Crippen LogP contribution in [0.2, 0.25) is 0 Å². The summed E-state index contributed by atoms with van der Waals surface area (Å²) in [6.45, 7) is 2.36. The first kappa shape index (κ1) is 17.0. The fourth-order valence-electron chi connectivity index (χ4n) is 3.79. The van der Waals surface area contributed by atoms with Crippen LogP contribution in [0, 0.1) is 5.92 Å². The number of carbonyl (C=O) groups is 2. The van der Waals surface area contributed by atoms with Gasteiger partial charge in [0.25, 0.3) is 0 Å². The van der Waals surface area contributed by atoms with Crippen LogP contribution in [-0.4, -0.2) is 61.0 Å². The average Bonchev–Trinajstić information content (AvgIpc) is 3.00. The van der Waals surface area contributed by atoms with E-state index in [0.29, 0.717) is 32.0 Å². The molecule has 5 nitrogen and oxygen atoms in total. The van der Waals surface area contributed by atoms with E-state index in [2.05, 4.69) is 12.1 Å². The van der Waals surface area contributed by atoms with E-state index >= 15 is 0 Å². The molecule has 2 aliphatic heterocycles. The molecule has 0 bridgehead atoms. The van der Waals surface area contributed by atoms with Crippen molar-refractivity contribution in [3.63, 3.8) is 0 Å². The predicted molar refractivity (Wildman–Crippen MR) is 91.4 cm³/mol. The van der Waals surface area contributed by atoms with Gasteiger partial charge in [0.1, 0.15) is 0 Å². The van der Waals surface area contributed by atoms with Gasteiger partial charge in [-0.3, -0.25) is 9.59 Å². The van der Waals surface area contributed by atoms with E-state index in [-0.39, 0.29) is 24.5 Å². The van der Waals surface area contributed by atoms with Crippen LogP contribution in [0.5, 0.6) is 0 Å². The summed E-state index contributed by atoms with van der Waals surface area (Å²) in [6, 6.07) is 10.3. The molecule has 2 saturated heterocycles. The van der Waals surface area contributed by atoms with E-state index < -0.39 is 0 Å². The van der Waals surface area contributed by atoms with Crippen LogP contribution >= 0.6 is 0 Å². The number of hydrogen-bond acceptors (Lipinski definition) is 3. The Kier molecular flexibility index (Phi) is 5.51. The van der Waals surface area contributed by atoms with Gasteiger partial charge < -0.3 is 14.5 Å². The summed E-state index contributed by atoms with van der Waals surface area (Å²) in [6.07, 6.45) is 3.39. The summed E-state index contributed by atoms with van der Waals surface area (Å²) < 4.78 is 5.65. The van der Waals surface area contributed by atoms with Gasteiger partial charge in [0.05, 0.1) is 12.6 Å². The molecule has 130 valence electrons. The second kappa shape index (κ2) is 7.79. The number of piperidine rings is 1. The summed E-state index contributed by atoms with van der Waals surface area (Å²) in [7, 11) is 1.75. The Balaban J connectivity index is 1.61. The maximum Gasteiger partial charge on any atom is 0.242 e. The highest BCUT2D eigenvalue weighted by molar-refractivity contribution is 5.85. The minimum atomic E-state index is 0.0675. The smallest absolute Gasteiger partial charge is 0.242 e. The van der Waals surface area contributed by atoms with Crippen LogP contribution in [-0.2, 0) is 20.7 Å². The summed E-state index contributed by atoms with van der Waals surface area (Å²) in [5.74, 6) is 0.471. The number of rotatable bonds is 5. The average molecular weight is 330 g/mol. The first-order valence-electron chi connectivity index (χ1n) is 8.79. The second-order valence-corrected chi connectivity index (χ2v) is 6.77. The predicted octanol–water partition coefficient (Wildman–Crippen LogP) is 1.71. The molecular weight excluding hydrogens is 304 g/mol. The number of benzene rings is 1. The summed E-state index contributed by atoms with van der Waals surface area (Å²) in [5, 5.41) is 0. The summed E-state index contributed by atoms with van der Waals surface area (Å²) in [5.41, 5.74) is 1.27. The fourth-order valence-corrected chi connectivity index (χ4v) is 3.79. The molecule has 2 aliphatic rings. The van der Waals surface area contributed by atoms with Crippen molar-refractivity contribution in [1.82, 2.24) is 9.80 Å². The Labute approximate surface area is 143 Å². The minimum Gasteiger partial charge on any atom is -0.381 e. The molecule has 0 spiro atoms. The van der Waals surface area contributed by atoms with Crippen LogP contribution in [0.4, 0.5) is 0 Å². The highest BCUT2D eigenvalue weighted by Gasteiger charge is 2.33. The summed E-state index contributed by atoms with van der Waals surface area (Å²) >= 11 is 0. The lowest BCUT2D eigenvalue weighted by Crippen LogP contribution is -2.50. The largest absolute Gasteiger partial charge is 0.381 e. The molecular formula is C19H26N2O3. The van der Waals surface area contributed by atoms with Crippen molar-refractivity contribution >= 4 is 11.8 Å². The fraction of sp³-hybridized carbons (Fsp3) is 0.579. The molecule has 0 saturated carbocycles. The van der Waals surface area contributed by atoms with Crippen molar-refractivity contribution < 1.29 is 14.3 Å². The van der Waals surface area contributed by atoms with Gasteiger partial charge in [0.2, 0.25) is 11.8 Å². The van der Waals surface area contributed by atoms with Gasteiger partial charge in [-0.15, -0.1) is 0 Å². The van der Waals surface area contributed by atoms with Crippen LogP contribution < -0.4 is 0 Å². The molecule has 0 aromatic heterocycles. The lowest BCUT2D eigenvalue weighted by Gasteiger charge is -2.38. The molecule has 3 rings (SSSR count). The Hall–Kier alpha value is -1.88. The number of hydrogen-bond donors (Lipinski definition) is 0. The van der Waals surface area contributed by atoms with Crippen LogP contribution in [0.25, 0.3) is 0 Å². The quantitative estimate of drug-likeness (QED) is 0.826. The first-order chi connectivity index (χ1) is 11.7. The zero-order chi connectivity index (χ0) is 16.9. The standard InChI is InChI=1S/C19H26N2O3/c1-24-17-9-11-21(19(23)14-20-10-5-8-18(20)22)13-16(17)12-15-6-3-2-4-7-15/h2-4,6-7,16-17H,5,8-14H2,1H3/t16-,17-/m1/s1. The van der Waals surface area contributed by atoms with Gasteiger partial charge in [-0.25, -0.2) is 0 Å². The molecule has 0 unspecified atom stereocenters. The lowest BCUT2D eigenvalue weighted by atomic mass is 9.88. The molecule has 1 aromatic carbocycles. The third-order valence-electron chi connectivity index (χ3n) is 5.16. The first-order valence-corrected chi connectivity index (χ1v) is 8.79. The molecule has 0 radical (unpaired) electrons.